The molecule has 0 aliphatic carbocycles. The average molecular weight is 294 g/mol. The fraction of sp³-hybridized carbons (Fsp3) is 0.400. The molecule has 0 radical (unpaired) electrons. The third-order valence-corrected chi connectivity index (χ3v) is 3.61. The number of halogens is 1. The number of benzene rings is 1. The van der Waals surface area contributed by atoms with Crippen LogP contribution in [-0.2, 0) is 13.6 Å². The Morgan fingerprint density at radius 1 is 1.35 bits per heavy atom. The second-order valence-electron chi connectivity index (χ2n) is 4.79. The second-order valence-corrected chi connectivity index (χ2v) is 5.19. The Labute approximate surface area is 124 Å². The van der Waals surface area contributed by atoms with E-state index in [1.807, 2.05) is 39.1 Å². The fourth-order valence-electron chi connectivity index (χ4n) is 2.05. The Morgan fingerprint density at radius 2 is 2.10 bits per heavy atom. The zero-order valence-corrected chi connectivity index (χ0v) is 13.1. The quantitative estimate of drug-likeness (QED) is 0.915. The molecule has 4 nitrogen and oxygen atoms in total. The van der Waals surface area contributed by atoms with E-state index in [1.54, 1.807) is 4.68 Å². The molecule has 0 spiro atoms. The van der Waals surface area contributed by atoms with Crippen LogP contribution >= 0.6 is 11.6 Å². The number of ether oxygens (including phenoxy) is 1. The Hall–Kier alpha value is -1.52. The summed E-state index contributed by atoms with van der Waals surface area (Å²) in [4.78, 5) is 0. The van der Waals surface area contributed by atoms with E-state index < -0.39 is 0 Å². The molecule has 1 aromatic heterocycles. The smallest absolute Gasteiger partial charge is 0.222 e. The molecule has 5 heteroatoms. The summed E-state index contributed by atoms with van der Waals surface area (Å²) in [6.07, 6.45) is 0. The van der Waals surface area contributed by atoms with Crippen molar-refractivity contribution < 1.29 is 4.74 Å². The maximum absolute atomic E-state index is 6.04. The molecule has 0 unspecified atom stereocenters. The molecular formula is C15H20ClN3O. The van der Waals surface area contributed by atoms with E-state index in [2.05, 4.69) is 17.3 Å². The molecule has 1 heterocycles. The highest BCUT2D eigenvalue weighted by Crippen LogP contribution is 2.29. The summed E-state index contributed by atoms with van der Waals surface area (Å²) in [6.45, 7) is 7.69. The molecule has 0 saturated heterocycles. The third-order valence-electron chi connectivity index (χ3n) is 3.18. The summed E-state index contributed by atoms with van der Waals surface area (Å²) in [7, 11) is 1.89. The third kappa shape index (κ3) is 3.14. The molecule has 20 heavy (non-hydrogen) atoms. The van der Waals surface area contributed by atoms with Crippen molar-refractivity contribution in [3.63, 3.8) is 0 Å². The van der Waals surface area contributed by atoms with Crippen molar-refractivity contribution in [2.24, 2.45) is 7.05 Å². The van der Waals surface area contributed by atoms with Crippen LogP contribution in [0.4, 0.5) is 0 Å². The van der Waals surface area contributed by atoms with Gasteiger partial charge in [-0.2, -0.15) is 5.10 Å². The molecule has 2 rings (SSSR count). The van der Waals surface area contributed by atoms with Gasteiger partial charge in [0.25, 0.3) is 0 Å². The molecule has 0 atom stereocenters. The first-order chi connectivity index (χ1) is 9.52. The molecule has 0 amide bonds. The Morgan fingerprint density at radius 3 is 2.75 bits per heavy atom. The van der Waals surface area contributed by atoms with Gasteiger partial charge in [-0.05, 0) is 44.2 Å². The minimum absolute atomic E-state index is 0.742. The number of hydrogen-bond acceptors (Lipinski definition) is 3. The molecule has 0 saturated carbocycles. The standard InChI is InChI=1S/C15H20ClN3O/c1-5-17-9-13-11(3)18-19(4)15(13)20-12-6-7-14(16)10(2)8-12/h6-8,17H,5,9H2,1-4H3. The fourth-order valence-corrected chi connectivity index (χ4v) is 2.17. The van der Waals surface area contributed by atoms with Crippen LogP contribution in [0, 0.1) is 13.8 Å². The lowest BCUT2D eigenvalue weighted by atomic mass is 10.2. The maximum Gasteiger partial charge on any atom is 0.222 e. The van der Waals surface area contributed by atoms with Crippen LogP contribution in [0.25, 0.3) is 0 Å². The first-order valence-corrected chi connectivity index (χ1v) is 7.08. The lowest BCUT2D eigenvalue weighted by molar-refractivity contribution is 0.424. The van der Waals surface area contributed by atoms with E-state index in [9.17, 15) is 0 Å². The topological polar surface area (TPSA) is 39.1 Å². The van der Waals surface area contributed by atoms with Gasteiger partial charge in [-0.3, -0.25) is 0 Å². The van der Waals surface area contributed by atoms with Crippen LogP contribution < -0.4 is 10.1 Å². The van der Waals surface area contributed by atoms with E-state index in [0.717, 1.165) is 46.6 Å². The molecule has 108 valence electrons. The van der Waals surface area contributed by atoms with Crippen molar-refractivity contribution in [3.05, 3.63) is 40.0 Å². The van der Waals surface area contributed by atoms with Crippen molar-refractivity contribution >= 4 is 11.6 Å². The Bertz CT molecular complexity index is 607. The maximum atomic E-state index is 6.04. The van der Waals surface area contributed by atoms with Gasteiger partial charge in [-0.25, -0.2) is 4.68 Å². The number of hydrogen-bond donors (Lipinski definition) is 1. The minimum Gasteiger partial charge on any atom is -0.439 e. The number of aryl methyl sites for hydroxylation is 3. The van der Waals surface area contributed by atoms with Gasteiger partial charge in [0, 0.05) is 18.6 Å². The number of rotatable bonds is 5. The Balaban J connectivity index is 2.29. The van der Waals surface area contributed by atoms with Gasteiger partial charge in [0.15, 0.2) is 0 Å². The highest BCUT2D eigenvalue weighted by Gasteiger charge is 2.15. The van der Waals surface area contributed by atoms with Gasteiger partial charge in [0.05, 0.1) is 11.3 Å². The molecule has 0 aliphatic heterocycles. The minimum atomic E-state index is 0.742. The van der Waals surface area contributed by atoms with Gasteiger partial charge >= 0.3 is 0 Å². The van der Waals surface area contributed by atoms with E-state index >= 15 is 0 Å². The predicted molar refractivity (Wildman–Crippen MR) is 81.6 cm³/mol. The zero-order chi connectivity index (χ0) is 14.7. The lowest BCUT2D eigenvalue weighted by Crippen LogP contribution is -2.12. The number of aromatic nitrogens is 2. The van der Waals surface area contributed by atoms with Gasteiger partial charge in [-0.1, -0.05) is 18.5 Å². The largest absolute Gasteiger partial charge is 0.439 e. The van der Waals surface area contributed by atoms with E-state index in [0.29, 0.717) is 0 Å². The second kappa shape index (κ2) is 6.29. The van der Waals surface area contributed by atoms with Gasteiger partial charge in [0.1, 0.15) is 5.75 Å². The first kappa shape index (κ1) is 14.9. The molecule has 1 aromatic carbocycles. The number of nitrogens with zero attached hydrogens (tertiary/aromatic N) is 2. The van der Waals surface area contributed by atoms with Crippen LogP contribution in [-0.4, -0.2) is 16.3 Å². The van der Waals surface area contributed by atoms with Gasteiger partial charge in [0.2, 0.25) is 5.88 Å². The molecule has 0 fully saturated rings. The van der Waals surface area contributed by atoms with Gasteiger partial charge in [-0.15, -0.1) is 0 Å². The molecular weight excluding hydrogens is 274 g/mol. The summed E-state index contributed by atoms with van der Waals surface area (Å²) < 4.78 is 7.77. The van der Waals surface area contributed by atoms with Crippen LogP contribution in [0.5, 0.6) is 11.6 Å². The summed E-state index contributed by atoms with van der Waals surface area (Å²) in [6, 6.07) is 5.65. The van der Waals surface area contributed by atoms with E-state index in [-0.39, 0.29) is 0 Å². The average Bonchev–Trinajstić information content (AvgIpc) is 2.66. The lowest BCUT2D eigenvalue weighted by Gasteiger charge is -2.10. The zero-order valence-electron chi connectivity index (χ0n) is 12.3. The molecule has 0 bridgehead atoms. The Kier molecular flexibility index (Phi) is 4.68. The normalized spacial score (nSPS) is 10.8. The van der Waals surface area contributed by atoms with Crippen LogP contribution in [0.15, 0.2) is 18.2 Å². The summed E-state index contributed by atoms with van der Waals surface area (Å²) in [5.74, 6) is 1.54. The monoisotopic (exact) mass is 293 g/mol. The van der Waals surface area contributed by atoms with Crippen LogP contribution in [0.3, 0.4) is 0 Å². The first-order valence-electron chi connectivity index (χ1n) is 6.70. The molecule has 2 aromatic rings. The van der Waals surface area contributed by atoms with Gasteiger partial charge < -0.3 is 10.1 Å². The van der Waals surface area contributed by atoms with Crippen molar-refractivity contribution in [1.82, 2.24) is 15.1 Å². The van der Waals surface area contributed by atoms with Crippen molar-refractivity contribution in [2.75, 3.05) is 6.54 Å². The summed E-state index contributed by atoms with van der Waals surface area (Å²) in [5, 5.41) is 8.48. The van der Waals surface area contributed by atoms with Crippen LogP contribution in [0.2, 0.25) is 5.02 Å². The van der Waals surface area contributed by atoms with Crippen molar-refractivity contribution in [2.45, 2.75) is 27.3 Å². The molecule has 1 N–H and O–H groups in total. The van der Waals surface area contributed by atoms with Crippen molar-refractivity contribution in [1.29, 1.82) is 0 Å². The van der Waals surface area contributed by atoms with Crippen molar-refractivity contribution in [3.8, 4) is 11.6 Å². The SMILES string of the molecule is CCNCc1c(C)nn(C)c1Oc1ccc(Cl)c(C)c1. The molecule has 0 aliphatic rings. The summed E-state index contributed by atoms with van der Waals surface area (Å²) >= 11 is 6.04. The highest BCUT2D eigenvalue weighted by atomic mass is 35.5. The van der Waals surface area contributed by atoms with Crippen LogP contribution in [0.1, 0.15) is 23.7 Å². The van der Waals surface area contributed by atoms with E-state index in [4.69, 9.17) is 16.3 Å². The van der Waals surface area contributed by atoms with E-state index in [1.165, 1.54) is 0 Å². The predicted octanol–water partition coefficient (Wildman–Crippen LogP) is 3.59. The highest BCUT2D eigenvalue weighted by molar-refractivity contribution is 6.31. The number of nitrogens with one attached hydrogen (secondary N) is 1. The summed E-state index contributed by atoms with van der Waals surface area (Å²) in [5.41, 5.74) is 3.06.